The zero-order valence-electron chi connectivity index (χ0n) is 9.59. The summed E-state index contributed by atoms with van der Waals surface area (Å²) in [5.74, 6) is 0.740. The minimum Gasteiger partial charge on any atom is -0.290 e. The minimum absolute atomic E-state index is 0.0471. The number of nitrogens with zero attached hydrogens (tertiary/aromatic N) is 3. The van der Waals surface area contributed by atoms with Gasteiger partial charge in [-0.3, -0.25) is 19.4 Å². The standard InChI is InChI=1S/C11H15N3O2S/c12-3-6-13-4-1-9(2-5-13)14-10(15)7-17-8-11(14)16/h9H,1-2,4-8H2. The third-order valence-corrected chi connectivity index (χ3v) is 4.11. The molecule has 0 spiro atoms. The van der Waals surface area contributed by atoms with Crippen molar-refractivity contribution in [3.05, 3.63) is 0 Å². The van der Waals surface area contributed by atoms with Crippen molar-refractivity contribution < 1.29 is 9.59 Å². The Balaban J connectivity index is 1.93. The molecule has 2 aliphatic rings. The van der Waals surface area contributed by atoms with Gasteiger partial charge in [0.25, 0.3) is 0 Å². The van der Waals surface area contributed by atoms with Gasteiger partial charge in [-0.15, -0.1) is 11.8 Å². The number of amides is 2. The number of imide groups is 1. The van der Waals surface area contributed by atoms with Crippen molar-refractivity contribution in [3.8, 4) is 6.07 Å². The molecule has 2 saturated heterocycles. The fourth-order valence-electron chi connectivity index (χ4n) is 2.35. The van der Waals surface area contributed by atoms with Crippen LogP contribution in [0.4, 0.5) is 0 Å². The maximum atomic E-state index is 11.7. The van der Waals surface area contributed by atoms with E-state index in [-0.39, 0.29) is 17.9 Å². The minimum atomic E-state index is -0.0509. The van der Waals surface area contributed by atoms with E-state index in [4.69, 9.17) is 5.26 Å². The molecule has 2 heterocycles. The maximum Gasteiger partial charge on any atom is 0.239 e. The highest BCUT2D eigenvalue weighted by Gasteiger charge is 2.34. The lowest BCUT2D eigenvalue weighted by Gasteiger charge is -2.38. The van der Waals surface area contributed by atoms with Crippen LogP contribution in [0.25, 0.3) is 0 Å². The molecular weight excluding hydrogens is 238 g/mol. The van der Waals surface area contributed by atoms with E-state index in [0.29, 0.717) is 18.1 Å². The maximum absolute atomic E-state index is 11.7. The van der Waals surface area contributed by atoms with Crippen molar-refractivity contribution in [2.45, 2.75) is 18.9 Å². The van der Waals surface area contributed by atoms with Gasteiger partial charge in [0.15, 0.2) is 0 Å². The van der Waals surface area contributed by atoms with Crippen LogP contribution < -0.4 is 0 Å². The fraction of sp³-hybridized carbons (Fsp3) is 0.727. The van der Waals surface area contributed by atoms with Crippen LogP contribution in [-0.4, -0.2) is 58.8 Å². The Morgan fingerprint density at radius 1 is 1.24 bits per heavy atom. The van der Waals surface area contributed by atoms with Gasteiger partial charge in [-0.25, -0.2) is 0 Å². The molecule has 2 amide bonds. The first-order chi connectivity index (χ1) is 8.22. The predicted octanol–water partition coefficient (Wildman–Crippen LogP) is 0.0764. The van der Waals surface area contributed by atoms with Crippen LogP contribution in [-0.2, 0) is 9.59 Å². The van der Waals surface area contributed by atoms with Gasteiger partial charge in [-0.1, -0.05) is 0 Å². The summed E-state index contributed by atoms with van der Waals surface area (Å²) >= 11 is 1.39. The Kier molecular flexibility index (Phi) is 4.02. The van der Waals surface area contributed by atoms with Gasteiger partial charge in [-0.2, -0.15) is 5.26 Å². The van der Waals surface area contributed by atoms with E-state index in [9.17, 15) is 9.59 Å². The second-order valence-corrected chi connectivity index (χ2v) is 5.30. The third-order valence-electron chi connectivity index (χ3n) is 3.21. The van der Waals surface area contributed by atoms with E-state index in [2.05, 4.69) is 11.0 Å². The predicted molar refractivity (Wildman–Crippen MR) is 64.3 cm³/mol. The molecule has 5 nitrogen and oxygen atoms in total. The molecule has 2 aliphatic heterocycles. The second kappa shape index (κ2) is 5.52. The van der Waals surface area contributed by atoms with E-state index in [1.54, 1.807) is 0 Å². The first-order valence-electron chi connectivity index (χ1n) is 5.74. The topological polar surface area (TPSA) is 64.4 Å². The number of hydrogen-bond acceptors (Lipinski definition) is 5. The Bertz CT molecular complexity index is 342. The zero-order valence-corrected chi connectivity index (χ0v) is 10.4. The van der Waals surface area contributed by atoms with Gasteiger partial charge in [0, 0.05) is 19.1 Å². The summed E-state index contributed by atoms with van der Waals surface area (Å²) in [6.45, 7) is 2.02. The number of rotatable bonds is 2. The van der Waals surface area contributed by atoms with Crippen molar-refractivity contribution in [2.24, 2.45) is 0 Å². The molecule has 0 aliphatic carbocycles. The Labute approximate surface area is 105 Å². The van der Waals surface area contributed by atoms with Gasteiger partial charge < -0.3 is 0 Å². The van der Waals surface area contributed by atoms with E-state index in [0.717, 1.165) is 25.9 Å². The molecule has 6 heteroatoms. The van der Waals surface area contributed by atoms with E-state index >= 15 is 0 Å². The summed E-state index contributed by atoms with van der Waals surface area (Å²) < 4.78 is 0. The SMILES string of the molecule is N#CCN1CCC(N2C(=O)CSCC2=O)CC1. The summed E-state index contributed by atoms with van der Waals surface area (Å²) in [7, 11) is 0. The van der Waals surface area contributed by atoms with Gasteiger partial charge in [0.1, 0.15) is 0 Å². The van der Waals surface area contributed by atoms with Crippen LogP contribution in [0.1, 0.15) is 12.8 Å². The Morgan fingerprint density at radius 2 is 1.82 bits per heavy atom. The van der Waals surface area contributed by atoms with Crippen LogP contribution in [0.3, 0.4) is 0 Å². The van der Waals surface area contributed by atoms with Crippen LogP contribution >= 0.6 is 11.8 Å². The summed E-state index contributed by atoms with van der Waals surface area (Å²) in [5, 5.41) is 8.60. The van der Waals surface area contributed by atoms with Crippen molar-refractivity contribution in [3.63, 3.8) is 0 Å². The third kappa shape index (κ3) is 2.79. The van der Waals surface area contributed by atoms with Crippen LogP contribution in [0.2, 0.25) is 0 Å². The lowest BCUT2D eigenvalue weighted by Crippen LogP contribution is -2.53. The normalized spacial score (nSPS) is 23.8. The van der Waals surface area contributed by atoms with Crippen molar-refractivity contribution in [2.75, 3.05) is 31.1 Å². The van der Waals surface area contributed by atoms with Gasteiger partial charge in [0.2, 0.25) is 11.8 Å². The number of nitriles is 1. The van der Waals surface area contributed by atoms with Crippen LogP contribution in [0, 0.1) is 11.3 Å². The molecule has 0 bridgehead atoms. The molecule has 2 rings (SSSR count). The molecule has 0 aromatic rings. The molecule has 0 unspecified atom stereocenters. The molecule has 0 aromatic heterocycles. The Hall–Kier alpha value is -1.06. The monoisotopic (exact) mass is 253 g/mol. The Morgan fingerprint density at radius 3 is 2.35 bits per heavy atom. The van der Waals surface area contributed by atoms with Gasteiger partial charge in [-0.05, 0) is 12.8 Å². The zero-order chi connectivity index (χ0) is 12.3. The molecule has 0 atom stereocenters. The average molecular weight is 253 g/mol. The number of hydrogen-bond donors (Lipinski definition) is 0. The summed E-state index contributed by atoms with van der Waals surface area (Å²) in [5.41, 5.74) is 0. The molecule has 0 N–H and O–H groups in total. The molecule has 0 saturated carbocycles. The highest BCUT2D eigenvalue weighted by molar-refractivity contribution is 8.00. The molecule has 92 valence electrons. The number of carbonyl (C=O) groups is 2. The van der Waals surface area contributed by atoms with Gasteiger partial charge in [0.05, 0.1) is 24.1 Å². The second-order valence-electron chi connectivity index (χ2n) is 4.32. The molecule has 17 heavy (non-hydrogen) atoms. The average Bonchev–Trinajstić information content (AvgIpc) is 2.31. The fourth-order valence-corrected chi connectivity index (χ4v) is 3.08. The highest BCUT2D eigenvalue weighted by atomic mass is 32.2. The lowest BCUT2D eigenvalue weighted by molar-refractivity contribution is -0.146. The number of likely N-dealkylation sites (tertiary alicyclic amines) is 1. The van der Waals surface area contributed by atoms with Crippen LogP contribution in [0.5, 0.6) is 0 Å². The quantitative estimate of drug-likeness (QED) is 0.515. The number of piperidine rings is 1. The molecule has 2 fully saturated rings. The number of carbonyl (C=O) groups excluding carboxylic acids is 2. The van der Waals surface area contributed by atoms with Crippen LogP contribution in [0.15, 0.2) is 0 Å². The molecule has 0 radical (unpaired) electrons. The highest BCUT2D eigenvalue weighted by Crippen LogP contribution is 2.22. The largest absolute Gasteiger partial charge is 0.290 e. The van der Waals surface area contributed by atoms with E-state index in [1.807, 2.05) is 0 Å². The molecule has 0 aromatic carbocycles. The first kappa shape index (κ1) is 12.4. The summed E-state index contributed by atoms with van der Waals surface area (Å²) in [6.07, 6.45) is 1.59. The van der Waals surface area contributed by atoms with E-state index in [1.165, 1.54) is 16.7 Å². The number of thioether (sulfide) groups is 1. The smallest absolute Gasteiger partial charge is 0.239 e. The summed E-state index contributed by atoms with van der Waals surface area (Å²) in [4.78, 5) is 27.0. The summed E-state index contributed by atoms with van der Waals surface area (Å²) in [6, 6.07) is 2.17. The van der Waals surface area contributed by atoms with Crippen molar-refractivity contribution >= 4 is 23.6 Å². The molecular formula is C11H15N3O2S. The lowest BCUT2D eigenvalue weighted by atomic mass is 10.0. The van der Waals surface area contributed by atoms with Crippen molar-refractivity contribution in [1.29, 1.82) is 5.26 Å². The van der Waals surface area contributed by atoms with E-state index < -0.39 is 0 Å². The first-order valence-corrected chi connectivity index (χ1v) is 6.90. The van der Waals surface area contributed by atoms with Crippen molar-refractivity contribution in [1.82, 2.24) is 9.80 Å². The van der Waals surface area contributed by atoms with Gasteiger partial charge >= 0.3 is 0 Å².